The zero-order valence-corrected chi connectivity index (χ0v) is 10.9. The van der Waals surface area contributed by atoms with E-state index in [0.717, 1.165) is 36.6 Å². The van der Waals surface area contributed by atoms with Gasteiger partial charge in [0.05, 0.1) is 13.7 Å². The fourth-order valence-corrected chi connectivity index (χ4v) is 2.30. The highest BCUT2D eigenvalue weighted by Gasteiger charge is 2.21. The predicted molar refractivity (Wildman–Crippen MR) is 70.1 cm³/mol. The molecule has 2 aromatic rings. The van der Waals surface area contributed by atoms with Crippen LogP contribution in [-0.4, -0.2) is 40.4 Å². The quantitative estimate of drug-likeness (QED) is 0.880. The predicted octanol–water partition coefficient (Wildman–Crippen LogP) is 0.807. The van der Waals surface area contributed by atoms with Gasteiger partial charge in [-0.2, -0.15) is 4.80 Å². The highest BCUT2D eigenvalue weighted by atomic mass is 16.5. The highest BCUT2D eigenvalue weighted by Crippen LogP contribution is 2.18. The van der Waals surface area contributed by atoms with E-state index in [4.69, 9.17) is 4.74 Å². The number of nitrogens with zero attached hydrogens (tertiary/aromatic N) is 4. The molecule has 0 spiro atoms. The average molecular weight is 259 g/mol. The van der Waals surface area contributed by atoms with Crippen molar-refractivity contribution < 1.29 is 4.74 Å². The van der Waals surface area contributed by atoms with E-state index in [2.05, 4.69) is 20.7 Å². The number of hydrogen-bond donors (Lipinski definition) is 1. The molecule has 1 fully saturated rings. The van der Waals surface area contributed by atoms with Crippen LogP contribution in [-0.2, 0) is 6.54 Å². The van der Waals surface area contributed by atoms with E-state index in [0.29, 0.717) is 12.5 Å². The topological polar surface area (TPSA) is 64.9 Å². The van der Waals surface area contributed by atoms with Crippen LogP contribution in [0.2, 0.25) is 0 Å². The van der Waals surface area contributed by atoms with Gasteiger partial charge in [0.25, 0.3) is 0 Å². The lowest BCUT2D eigenvalue weighted by molar-refractivity contribution is 0.413. The smallest absolute Gasteiger partial charge is 0.179 e. The maximum absolute atomic E-state index is 5.21. The molecule has 1 atom stereocenters. The second-order valence-electron chi connectivity index (χ2n) is 4.72. The van der Waals surface area contributed by atoms with E-state index in [1.165, 1.54) is 0 Å². The van der Waals surface area contributed by atoms with Gasteiger partial charge in [-0.05, 0) is 35.9 Å². The number of tetrazole rings is 1. The van der Waals surface area contributed by atoms with Crippen molar-refractivity contribution in [2.24, 2.45) is 0 Å². The van der Waals surface area contributed by atoms with Crippen LogP contribution < -0.4 is 10.1 Å². The molecule has 6 heteroatoms. The van der Waals surface area contributed by atoms with Gasteiger partial charge < -0.3 is 10.1 Å². The molecule has 1 N–H and O–H groups in total. The first-order valence-electron chi connectivity index (χ1n) is 6.46. The molecule has 2 heterocycles. The first kappa shape index (κ1) is 12.1. The first-order chi connectivity index (χ1) is 9.35. The molecular weight excluding hydrogens is 242 g/mol. The van der Waals surface area contributed by atoms with Crippen LogP contribution in [0, 0.1) is 0 Å². The van der Waals surface area contributed by atoms with E-state index in [1.807, 2.05) is 24.3 Å². The number of hydrogen-bond acceptors (Lipinski definition) is 5. The minimum atomic E-state index is 0.402. The van der Waals surface area contributed by atoms with E-state index in [-0.39, 0.29) is 0 Å². The average Bonchev–Trinajstić information content (AvgIpc) is 3.09. The Morgan fingerprint density at radius 1 is 1.47 bits per heavy atom. The normalized spacial score (nSPS) is 18.7. The Morgan fingerprint density at radius 2 is 2.42 bits per heavy atom. The molecule has 1 aliphatic heterocycles. The van der Waals surface area contributed by atoms with Gasteiger partial charge in [0, 0.05) is 12.5 Å². The maximum Gasteiger partial charge on any atom is 0.179 e. The Balaban J connectivity index is 1.72. The minimum absolute atomic E-state index is 0.402. The fraction of sp³-hybridized carbons (Fsp3) is 0.462. The van der Waals surface area contributed by atoms with Gasteiger partial charge in [-0.3, -0.25) is 0 Å². The molecule has 0 radical (unpaired) electrons. The van der Waals surface area contributed by atoms with Crippen molar-refractivity contribution in [3.8, 4) is 5.75 Å². The lowest BCUT2D eigenvalue weighted by atomic mass is 10.1. The Hall–Kier alpha value is -1.95. The summed E-state index contributed by atoms with van der Waals surface area (Å²) in [5, 5.41) is 16.0. The van der Waals surface area contributed by atoms with E-state index in [9.17, 15) is 0 Å². The van der Waals surface area contributed by atoms with Crippen molar-refractivity contribution in [3.05, 3.63) is 35.7 Å². The van der Waals surface area contributed by atoms with Crippen LogP contribution >= 0.6 is 0 Å². The molecule has 0 bridgehead atoms. The van der Waals surface area contributed by atoms with E-state index < -0.39 is 0 Å². The van der Waals surface area contributed by atoms with Crippen molar-refractivity contribution >= 4 is 0 Å². The van der Waals surface area contributed by atoms with Crippen molar-refractivity contribution in [2.75, 3.05) is 20.2 Å². The number of nitrogens with one attached hydrogen (secondary N) is 1. The van der Waals surface area contributed by atoms with Crippen LogP contribution in [0.3, 0.4) is 0 Å². The molecule has 19 heavy (non-hydrogen) atoms. The Kier molecular flexibility index (Phi) is 3.41. The summed E-state index contributed by atoms with van der Waals surface area (Å²) in [4.78, 5) is 1.64. The van der Waals surface area contributed by atoms with Gasteiger partial charge in [0.15, 0.2) is 5.82 Å². The Bertz CT molecular complexity index is 547. The number of aromatic nitrogens is 4. The molecule has 6 nitrogen and oxygen atoms in total. The standard InChI is InChI=1S/C13H17N5O/c1-19-12-4-2-3-10(7-12)9-18-16-13(15-17-18)11-5-6-14-8-11/h2-4,7,11,14H,5-6,8-9H2,1H3. The van der Waals surface area contributed by atoms with Gasteiger partial charge in [-0.1, -0.05) is 12.1 Å². The molecule has 0 aliphatic carbocycles. The largest absolute Gasteiger partial charge is 0.497 e. The SMILES string of the molecule is COc1cccc(Cn2nnc(C3CCNC3)n2)c1. The van der Waals surface area contributed by atoms with Crippen LogP contribution in [0.15, 0.2) is 24.3 Å². The second-order valence-corrected chi connectivity index (χ2v) is 4.72. The van der Waals surface area contributed by atoms with Crippen molar-refractivity contribution in [1.82, 2.24) is 25.5 Å². The molecule has 3 rings (SSSR count). The maximum atomic E-state index is 5.21. The molecule has 0 saturated carbocycles. The van der Waals surface area contributed by atoms with Crippen molar-refractivity contribution in [2.45, 2.75) is 18.9 Å². The third-order valence-electron chi connectivity index (χ3n) is 3.35. The first-order valence-corrected chi connectivity index (χ1v) is 6.46. The summed E-state index contributed by atoms with van der Waals surface area (Å²) < 4.78 is 5.21. The summed E-state index contributed by atoms with van der Waals surface area (Å²) in [5.41, 5.74) is 1.10. The molecular formula is C13H17N5O. The lowest BCUT2D eigenvalue weighted by Crippen LogP contribution is -2.09. The zero-order chi connectivity index (χ0) is 13.1. The minimum Gasteiger partial charge on any atom is -0.497 e. The molecule has 1 aliphatic rings. The highest BCUT2D eigenvalue weighted by molar-refractivity contribution is 5.28. The van der Waals surface area contributed by atoms with Gasteiger partial charge in [-0.25, -0.2) is 0 Å². The van der Waals surface area contributed by atoms with Crippen molar-refractivity contribution in [3.63, 3.8) is 0 Å². The summed E-state index contributed by atoms with van der Waals surface area (Å²) in [6.07, 6.45) is 1.09. The summed E-state index contributed by atoms with van der Waals surface area (Å²) in [6.45, 7) is 2.60. The van der Waals surface area contributed by atoms with Crippen molar-refractivity contribution in [1.29, 1.82) is 0 Å². The molecule has 1 aromatic heterocycles. The number of rotatable bonds is 4. The molecule has 100 valence electrons. The second kappa shape index (κ2) is 5.36. The third-order valence-corrected chi connectivity index (χ3v) is 3.35. The van der Waals surface area contributed by atoms with Gasteiger partial charge in [0.1, 0.15) is 5.75 Å². The Labute approximate surface area is 111 Å². The van der Waals surface area contributed by atoms with E-state index >= 15 is 0 Å². The number of ether oxygens (including phenoxy) is 1. The third kappa shape index (κ3) is 2.73. The van der Waals surface area contributed by atoms with Crippen LogP contribution in [0.4, 0.5) is 0 Å². The summed E-state index contributed by atoms with van der Waals surface area (Å²) >= 11 is 0. The van der Waals surface area contributed by atoms with Gasteiger partial charge in [-0.15, -0.1) is 10.2 Å². The van der Waals surface area contributed by atoms with Crippen LogP contribution in [0.5, 0.6) is 5.75 Å². The fourth-order valence-electron chi connectivity index (χ4n) is 2.30. The number of methoxy groups -OCH3 is 1. The van der Waals surface area contributed by atoms with Crippen LogP contribution in [0.1, 0.15) is 23.7 Å². The summed E-state index contributed by atoms with van der Waals surface area (Å²) in [7, 11) is 1.66. The van der Waals surface area contributed by atoms with Gasteiger partial charge >= 0.3 is 0 Å². The Morgan fingerprint density at radius 3 is 3.21 bits per heavy atom. The molecule has 0 amide bonds. The molecule has 1 aromatic carbocycles. The van der Waals surface area contributed by atoms with E-state index in [1.54, 1.807) is 11.9 Å². The summed E-state index contributed by atoms with van der Waals surface area (Å²) in [6, 6.07) is 7.91. The monoisotopic (exact) mass is 259 g/mol. The zero-order valence-electron chi connectivity index (χ0n) is 10.9. The van der Waals surface area contributed by atoms with Crippen LogP contribution in [0.25, 0.3) is 0 Å². The number of benzene rings is 1. The molecule has 1 saturated heterocycles. The summed E-state index contributed by atoms with van der Waals surface area (Å²) in [5.74, 6) is 2.09. The van der Waals surface area contributed by atoms with Gasteiger partial charge in [0.2, 0.25) is 0 Å². The molecule has 1 unspecified atom stereocenters. The lowest BCUT2D eigenvalue weighted by Gasteiger charge is -2.03.